The van der Waals surface area contributed by atoms with Crippen LogP contribution in [0.4, 0.5) is 0 Å². The van der Waals surface area contributed by atoms with Crippen LogP contribution in [0.25, 0.3) is 0 Å². The SMILES string of the molecule is CCCCCCN1CCC(CCCl)C1. The summed E-state index contributed by atoms with van der Waals surface area (Å²) in [6.07, 6.45) is 8.13. The molecule has 1 atom stereocenters. The maximum atomic E-state index is 5.76. The van der Waals surface area contributed by atoms with E-state index in [1.807, 2.05) is 0 Å². The van der Waals surface area contributed by atoms with Crippen molar-refractivity contribution in [2.45, 2.75) is 45.4 Å². The van der Waals surface area contributed by atoms with Gasteiger partial charge in [-0.05, 0) is 38.3 Å². The average Bonchev–Trinajstić information content (AvgIpc) is 2.61. The summed E-state index contributed by atoms with van der Waals surface area (Å²) in [6.45, 7) is 6.21. The molecule has 0 aromatic heterocycles. The van der Waals surface area contributed by atoms with Crippen LogP contribution >= 0.6 is 11.6 Å². The molecule has 0 N–H and O–H groups in total. The number of alkyl halides is 1. The van der Waals surface area contributed by atoms with E-state index < -0.39 is 0 Å². The second-order valence-corrected chi connectivity index (χ2v) is 4.87. The molecule has 1 rings (SSSR count). The fourth-order valence-electron chi connectivity index (χ4n) is 2.27. The number of rotatable bonds is 7. The summed E-state index contributed by atoms with van der Waals surface area (Å²) in [5.74, 6) is 1.73. The van der Waals surface area contributed by atoms with Crippen molar-refractivity contribution in [1.82, 2.24) is 4.90 Å². The van der Waals surface area contributed by atoms with Gasteiger partial charge in [0.1, 0.15) is 0 Å². The van der Waals surface area contributed by atoms with Crippen molar-refractivity contribution < 1.29 is 0 Å². The first kappa shape index (κ1) is 12.3. The minimum absolute atomic E-state index is 0.842. The van der Waals surface area contributed by atoms with E-state index in [2.05, 4.69) is 11.8 Å². The van der Waals surface area contributed by atoms with Crippen LogP contribution in [0.5, 0.6) is 0 Å². The Morgan fingerprint density at radius 2 is 2.14 bits per heavy atom. The van der Waals surface area contributed by atoms with E-state index in [4.69, 9.17) is 11.6 Å². The molecule has 0 amide bonds. The van der Waals surface area contributed by atoms with Gasteiger partial charge in [-0.2, -0.15) is 0 Å². The summed E-state index contributed by atoms with van der Waals surface area (Å²) in [4.78, 5) is 2.62. The molecule has 1 aliphatic heterocycles. The van der Waals surface area contributed by atoms with Gasteiger partial charge in [-0.25, -0.2) is 0 Å². The molecule has 14 heavy (non-hydrogen) atoms. The zero-order valence-corrected chi connectivity index (χ0v) is 10.2. The average molecular weight is 218 g/mol. The topological polar surface area (TPSA) is 3.24 Å². The first-order valence-electron chi connectivity index (χ1n) is 6.15. The van der Waals surface area contributed by atoms with Gasteiger partial charge in [-0.15, -0.1) is 11.6 Å². The Labute approximate surface area is 93.8 Å². The van der Waals surface area contributed by atoms with Crippen LogP contribution < -0.4 is 0 Å². The number of halogens is 1. The van der Waals surface area contributed by atoms with Crippen LogP contribution in [0.1, 0.15) is 45.4 Å². The molecule has 0 bridgehead atoms. The van der Waals surface area contributed by atoms with Crippen LogP contribution in [-0.2, 0) is 0 Å². The Kier molecular flexibility index (Phi) is 6.63. The third-order valence-corrected chi connectivity index (χ3v) is 3.43. The molecule has 0 radical (unpaired) electrons. The van der Waals surface area contributed by atoms with E-state index in [9.17, 15) is 0 Å². The van der Waals surface area contributed by atoms with E-state index in [1.165, 1.54) is 58.2 Å². The second-order valence-electron chi connectivity index (χ2n) is 4.49. The Balaban J connectivity index is 1.98. The smallest absolute Gasteiger partial charge is 0.0226 e. The highest BCUT2D eigenvalue weighted by atomic mass is 35.5. The zero-order chi connectivity index (χ0) is 10.2. The highest BCUT2D eigenvalue weighted by Crippen LogP contribution is 2.20. The molecule has 1 nitrogen and oxygen atoms in total. The normalized spacial score (nSPS) is 23.1. The maximum absolute atomic E-state index is 5.76. The van der Waals surface area contributed by atoms with Crippen molar-refractivity contribution in [3.63, 3.8) is 0 Å². The maximum Gasteiger partial charge on any atom is 0.0226 e. The molecule has 0 aliphatic carbocycles. The first-order valence-corrected chi connectivity index (χ1v) is 6.68. The fourth-order valence-corrected chi connectivity index (χ4v) is 2.58. The number of nitrogens with zero attached hydrogens (tertiary/aromatic N) is 1. The third-order valence-electron chi connectivity index (χ3n) is 3.22. The van der Waals surface area contributed by atoms with Crippen molar-refractivity contribution in [2.75, 3.05) is 25.5 Å². The molecule has 84 valence electrons. The summed E-state index contributed by atoms with van der Waals surface area (Å²) in [5, 5.41) is 0. The van der Waals surface area contributed by atoms with E-state index in [0.29, 0.717) is 0 Å². The molecule has 0 saturated carbocycles. The molecule has 1 saturated heterocycles. The molecular weight excluding hydrogens is 194 g/mol. The van der Waals surface area contributed by atoms with E-state index in [0.717, 1.165) is 11.8 Å². The van der Waals surface area contributed by atoms with Crippen molar-refractivity contribution in [1.29, 1.82) is 0 Å². The van der Waals surface area contributed by atoms with Crippen LogP contribution in [0.3, 0.4) is 0 Å². The van der Waals surface area contributed by atoms with Gasteiger partial charge in [0.2, 0.25) is 0 Å². The Morgan fingerprint density at radius 3 is 2.86 bits per heavy atom. The highest BCUT2D eigenvalue weighted by molar-refractivity contribution is 6.17. The minimum Gasteiger partial charge on any atom is -0.303 e. The van der Waals surface area contributed by atoms with Gasteiger partial charge in [0.15, 0.2) is 0 Å². The molecule has 2 heteroatoms. The highest BCUT2D eigenvalue weighted by Gasteiger charge is 2.20. The summed E-state index contributed by atoms with van der Waals surface area (Å²) in [5.41, 5.74) is 0. The third kappa shape index (κ3) is 4.65. The molecule has 0 spiro atoms. The quantitative estimate of drug-likeness (QED) is 0.466. The molecular formula is C12H24ClN. The summed E-state index contributed by atoms with van der Waals surface area (Å²) >= 11 is 5.76. The van der Waals surface area contributed by atoms with Gasteiger partial charge in [-0.1, -0.05) is 26.2 Å². The van der Waals surface area contributed by atoms with E-state index >= 15 is 0 Å². The first-order chi connectivity index (χ1) is 6.86. The van der Waals surface area contributed by atoms with Gasteiger partial charge >= 0.3 is 0 Å². The summed E-state index contributed by atoms with van der Waals surface area (Å²) in [6, 6.07) is 0. The van der Waals surface area contributed by atoms with Gasteiger partial charge in [0.05, 0.1) is 0 Å². The van der Waals surface area contributed by atoms with Gasteiger partial charge < -0.3 is 4.90 Å². The standard InChI is InChI=1S/C12H24ClN/c1-2-3-4-5-9-14-10-7-12(11-14)6-8-13/h12H,2-11H2,1H3. The van der Waals surface area contributed by atoms with Crippen molar-refractivity contribution in [3.8, 4) is 0 Å². The van der Waals surface area contributed by atoms with Gasteiger partial charge in [0, 0.05) is 12.4 Å². The molecule has 0 aromatic rings. The Morgan fingerprint density at radius 1 is 1.29 bits per heavy atom. The largest absolute Gasteiger partial charge is 0.303 e. The molecule has 0 aromatic carbocycles. The van der Waals surface area contributed by atoms with Crippen molar-refractivity contribution in [2.24, 2.45) is 5.92 Å². The predicted octanol–water partition coefficient (Wildman–Crippen LogP) is 3.52. The Bertz CT molecular complexity index is 138. The lowest BCUT2D eigenvalue weighted by Crippen LogP contribution is -2.22. The lowest BCUT2D eigenvalue weighted by Gasteiger charge is -2.15. The lowest BCUT2D eigenvalue weighted by molar-refractivity contribution is 0.314. The lowest BCUT2D eigenvalue weighted by atomic mass is 10.1. The van der Waals surface area contributed by atoms with Crippen LogP contribution in [0.15, 0.2) is 0 Å². The molecule has 1 heterocycles. The number of likely N-dealkylation sites (tertiary alicyclic amines) is 1. The molecule has 1 unspecified atom stereocenters. The number of hydrogen-bond donors (Lipinski definition) is 0. The monoisotopic (exact) mass is 217 g/mol. The predicted molar refractivity (Wildman–Crippen MR) is 64.0 cm³/mol. The van der Waals surface area contributed by atoms with Crippen molar-refractivity contribution >= 4 is 11.6 Å². The second kappa shape index (κ2) is 7.53. The van der Waals surface area contributed by atoms with Gasteiger partial charge in [0.25, 0.3) is 0 Å². The number of unbranched alkanes of at least 4 members (excludes halogenated alkanes) is 3. The molecule has 1 fully saturated rings. The van der Waals surface area contributed by atoms with E-state index in [1.54, 1.807) is 0 Å². The molecule has 1 aliphatic rings. The Hall–Kier alpha value is 0.250. The van der Waals surface area contributed by atoms with Crippen molar-refractivity contribution in [3.05, 3.63) is 0 Å². The van der Waals surface area contributed by atoms with Gasteiger partial charge in [-0.3, -0.25) is 0 Å². The fraction of sp³-hybridized carbons (Fsp3) is 1.00. The van der Waals surface area contributed by atoms with Crippen LogP contribution in [-0.4, -0.2) is 30.4 Å². The number of hydrogen-bond acceptors (Lipinski definition) is 1. The van der Waals surface area contributed by atoms with E-state index in [-0.39, 0.29) is 0 Å². The van der Waals surface area contributed by atoms with Crippen LogP contribution in [0.2, 0.25) is 0 Å². The summed E-state index contributed by atoms with van der Waals surface area (Å²) < 4.78 is 0. The zero-order valence-electron chi connectivity index (χ0n) is 9.47. The minimum atomic E-state index is 0.842. The summed E-state index contributed by atoms with van der Waals surface area (Å²) in [7, 11) is 0. The van der Waals surface area contributed by atoms with Crippen LogP contribution in [0, 0.1) is 5.92 Å².